The van der Waals surface area contributed by atoms with E-state index in [1.165, 1.54) is 4.90 Å². The van der Waals surface area contributed by atoms with E-state index in [4.69, 9.17) is 4.74 Å². The Morgan fingerprint density at radius 2 is 1.46 bits per heavy atom. The Kier molecular flexibility index (Phi) is 12.4. The molecule has 0 aromatic heterocycles. The third-order valence-electron chi connectivity index (χ3n) is 7.57. The zero-order valence-corrected chi connectivity index (χ0v) is 28.7. The van der Waals surface area contributed by atoms with Gasteiger partial charge in [-0.05, 0) is 66.4 Å². The summed E-state index contributed by atoms with van der Waals surface area (Å²) in [7, 11) is -3.89. The summed E-state index contributed by atoms with van der Waals surface area (Å²) in [4.78, 5) is 29.6. The Balaban J connectivity index is 1.65. The fraction of sp³-hybridized carbons (Fsp3) is 0.278. The molecule has 46 heavy (non-hydrogen) atoms. The lowest BCUT2D eigenvalue weighted by Gasteiger charge is -2.34. The van der Waals surface area contributed by atoms with Crippen molar-refractivity contribution >= 4 is 43.5 Å². The van der Waals surface area contributed by atoms with Crippen molar-refractivity contribution in [3.63, 3.8) is 0 Å². The molecule has 4 aromatic carbocycles. The number of hydrogen-bond donors (Lipinski definition) is 1. The summed E-state index contributed by atoms with van der Waals surface area (Å²) >= 11 is 3.50. The lowest BCUT2D eigenvalue weighted by atomic mass is 10.0. The molecule has 0 saturated carbocycles. The predicted molar refractivity (Wildman–Crippen MR) is 186 cm³/mol. The molecule has 4 aromatic rings. The van der Waals surface area contributed by atoms with Gasteiger partial charge in [0.1, 0.15) is 24.9 Å². The van der Waals surface area contributed by atoms with Crippen LogP contribution in [0.2, 0.25) is 0 Å². The fourth-order valence-electron chi connectivity index (χ4n) is 4.89. The molecule has 242 valence electrons. The molecule has 0 spiro atoms. The van der Waals surface area contributed by atoms with Crippen molar-refractivity contribution < 1.29 is 22.7 Å². The topological polar surface area (TPSA) is 96.0 Å². The first-order valence-corrected chi connectivity index (χ1v) is 17.8. The van der Waals surface area contributed by atoms with Crippen LogP contribution in [0.5, 0.6) is 5.75 Å². The first-order chi connectivity index (χ1) is 22.0. The van der Waals surface area contributed by atoms with Gasteiger partial charge in [0, 0.05) is 23.5 Å². The van der Waals surface area contributed by atoms with Crippen LogP contribution in [0.1, 0.15) is 37.0 Å². The summed E-state index contributed by atoms with van der Waals surface area (Å²) in [5.41, 5.74) is 2.99. The van der Waals surface area contributed by atoms with Gasteiger partial charge in [0.05, 0.1) is 11.9 Å². The van der Waals surface area contributed by atoms with Gasteiger partial charge in [0.15, 0.2) is 0 Å². The lowest BCUT2D eigenvalue weighted by Crippen LogP contribution is -2.54. The van der Waals surface area contributed by atoms with Crippen molar-refractivity contribution in [2.24, 2.45) is 0 Å². The predicted octanol–water partition coefficient (Wildman–Crippen LogP) is 6.35. The van der Waals surface area contributed by atoms with E-state index in [0.717, 1.165) is 38.1 Å². The second kappa shape index (κ2) is 16.4. The SMILES string of the molecule is CCC(C)NC(=O)C(Cc1ccccc1)N(Cc1cccc(Br)c1)C(=O)CN(c1ccc(OCc2ccccc2)cc1)S(C)(=O)=O. The molecule has 0 aliphatic rings. The van der Waals surface area contributed by atoms with Gasteiger partial charge in [0.2, 0.25) is 21.8 Å². The molecule has 0 saturated heterocycles. The highest BCUT2D eigenvalue weighted by molar-refractivity contribution is 9.10. The van der Waals surface area contributed by atoms with Crippen molar-refractivity contribution in [3.05, 3.63) is 130 Å². The molecule has 2 amide bonds. The standard InChI is InChI=1S/C36H40BrN3O5S/c1-4-27(2)38-36(42)34(23-28-12-7-5-8-13-28)39(24-30-16-11-17-31(37)22-30)35(41)25-40(46(3,43)44)32-18-20-33(21-19-32)45-26-29-14-9-6-10-15-29/h5-22,27,34H,4,23-26H2,1-3H3,(H,38,42). The van der Waals surface area contributed by atoms with Crippen LogP contribution in [0.3, 0.4) is 0 Å². The highest BCUT2D eigenvalue weighted by atomic mass is 79.9. The molecule has 0 heterocycles. The summed E-state index contributed by atoms with van der Waals surface area (Å²) < 4.78 is 34.0. The average Bonchev–Trinajstić information content (AvgIpc) is 3.05. The van der Waals surface area contributed by atoms with E-state index >= 15 is 0 Å². The zero-order valence-electron chi connectivity index (χ0n) is 26.3. The van der Waals surface area contributed by atoms with E-state index in [2.05, 4.69) is 21.2 Å². The zero-order chi connectivity index (χ0) is 33.1. The molecule has 0 fully saturated rings. The highest BCUT2D eigenvalue weighted by Crippen LogP contribution is 2.24. The molecule has 8 nitrogen and oxygen atoms in total. The third-order valence-corrected chi connectivity index (χ3v) is 9.20. The summed E-state index contributed by atoms with van der Waals surface area (Å²) in [6.07, 6.45) is 2.04. The Labute approximate surface area is 280 Å². The number of rotatable bonds is 15. The van der Waals surface area contributed by atoms with E-state index in [1.54, 1.807) is 24.3 Å². The van der Waals surface area contributed by atoms with E-state index in [0.29, 0.717) is 18.0 Å². The molecular formula is C36H40BrN3O5S. The van der Waals surface area contributed by atoms with Crippen LogP contribution in [0.15, 0.2) is 114 Å². The molecular weight excluding hydrogens is 666 g/mol. The molecule has 0 aliphatic heterocycles. The minimum Gasteiger partial charge on any atom is -0.489 e. The number of benzene rings is 4. The summed E-state index contributed by atoms with van der Waals surface area (Å²) in [6, 6.07) is 32.3. The number of sulfonamides is 1. The molecule has 0 bridgehead atoms. The van der Waals surface area contributed by atoms with Gasteiger partial charge in [0.25, 0.3) is 0 Å². The van der Waals surface area contributed by atoms with Crippen molar-refractivity contribution in [1.29, 1.82) is 0 Å². The molecule has 0 aliphatic carbocycles. The van der Waals surface area contributed by atoms with E-state index in [9.17, 15) is 18.0 Å². The number of halogens is 1. The first kappa shape index (κ1) is 34.7. The number of hydrogen-bond acceptors (Lipinski definition) is 5. The minimum atomic E-state index is -3.89. The van der Waals surface area contributed by atoms with Crippen LogP contribution in [0, 0.1) is 0 Å². The van der Waals surface area contributed by atoms with Gasteiger partial charge in [-0.2, -0.15) is 0 Å². The Hall–Kier alpha value is -4.15. The number of nitrogens with one attached hydrogen (secondary N) is 1. The number of amides is 2. The van der Waals surface area contributed by atoms with Gasteiger partial charge in [-0.15, -0.1) is 0 Å². The number of ether oxygens (including phenoxy) is 1. The molecule has 2 atom stereocenters. The number of carbonyl (C=O) groups excluding carboxylic acids is 2. The first-order valence-electron chi connectivity index (χ1n) is 15.2. The molecule has 2 unspecified atom stereocenters. The van der Waals surface area contributed by atoms with Gasteiger partial charge >= 0.3 is 0 Å². The minimum absolute atomic E-state index is 0.105. The fourth-order valence-corrected chi connectivity index (χ4v) is 6.19. The van der Waals surface area contributed by atoms with Crippen LogP contribution in [0.25, 0.3) is 0 Å². The maximum Gasteiger partial charge on any atom is 0.244 e. The summed E-state index contributed by atoms with van der Waals surface area (Å²) in [6.45, 7) is 3.87. The highest BCUT2D eigenvalue weighted by Gasteiger charge is 2.33. The van der Waals surface area contributed by atoms with Gasteiger partial charge < -0.3 is 15.0 Å². The van der Waals surface area contributed by atoms with Crippen molar-refractivity contribution in [3.8, 4) is 5.75 Å². The summed E-state index contributed by atoms with van der Waals surface area (Å²) in [5.74, 6) is -0.240. The number of anilines is 1. The second-order valence-corrected chi connectivity index (χ2v) is 14.0. The average molecular weight is 707 g/mol. The van der Waals surface area contributed by atoms with Crippen LogP contribution < -0.4 is 14.4 Å². The van der Waals surface area contributed by atoms with Crippen LogP contribution in [-0.4, -0.2) is 50.0 Å². The Bertz CT molecular complexity index is 1690. The van der Waals surface area contributed by atoms with E-state index in [-0.39, 0.29) is 24.9 Å². The Morgan fingerprint density at radius 1 is 0.848 bits per heavy atom. The molecule has 10 heteroatoms. The monoisotopic (exact) mass is 705 g/mol. The summed E-state index contributed by atoms with van der Waals surface area (Å²) in [5, 5.41) is 3.04. The van der Waals surface area contributed by atoms with Crippen LogP contribution in [-0.2, 0) is 39.2 Å². The lowest BCUT2D eigenvalue weighted by molar-refractivity contribution is -0.140. The molecule has 4 rings (SSSR count). The normalized spacial score (nSPS) is 12.5. The van der Waals surface area contributed by atoms with Crippen molar-refractivity contribution in [2.45, 2.75) is 51.9 Å². The number of nitrogens with zero attached hydrogens (tertiary/aromatic N) is 2. The third kappa shape index (κ3) is 10.2. The maximum atomic E-state index is 14.3. The Morgan fingerprint density at radius 3 is 2.04 bits per heavy atom. The van der Waals surface area contributed by atoms with Crippen LogP contribution in [0.4, 0.5) is 5.69 Å². The van der Waals surface area contributed by atoms with Gasteiger partial charge in [-0.1, -0.05) is 95.7 Å². The largest absolute Gasteiger partial charge is 0.489 e. The number of carbonyl (C=O) groups is 2. The van der Waals surface area contributed by atoms with Gasteiger partial charge in [-0.3, -0.25) is 13.9 Å². The van der Waals surface area contributed by atoms with Gasteiger partial charge in [-0.25, -0.2) is 8.42 Å². The van der Waals surface area contributed by atoms with Crippen molar-refractivity contribution in [2.75, 3.05) is 17.1 Å². The van der Waals surface area contributed by atoms with E-state index < -0.39 is 28.5 Å². The molecule has 1 N–H and O–H groups in total. The second-order valence-electron chi connectivity index (χ2n) is 11.2. The quantitative estimate of drug-likeness (QED) is 0.156. The molecule has 0 radical (unpaired) electrons. The van der Waals surface area contributed by atoms with Crippen molar-refractivity contribution in [1.82, 2.24) is 10.2 Å². The van der Waals surface area contributed by atoms with Crippen LogP contribution >= 0.6 is 15.9 Å². The maximum absolute atomic E-state index is 14.3. The van der Waals surface area contributed by atoms with E-state index in [1.807, 2.05) is 98.8 Å². The smallest absolute Gasteiger partial charge is 0.244 e.